The molecule has 0 aliphatic carbocycles. The third-order valence-electron chi connectivity index (χ3n) is 3.45. The molecule has 0 atom stereocenters. The molecule has 2 aromatic carbocycles. The number of amides is 2. The predicted octanol–water partition coefficient (Wildman–Crippen LogP) is 2.75. The molecular weight excluding hydrogens is 329 g/mol. The third kappa shape index (κ3) is 4.60. The Labute approximate surface area is 143 Å². The molecule has 0 saturated carbocycles. The van der Waals surface area contributed by atoms with Crippen molar-refractivity contribution in [3.8, 4) is 0 Å². The van der Waals surface area contributed by atoms with Crippen molar-refractivity contribution in [3.05, 3.63) is 69.5 Å². The minimum Gasteiger partial charge on any atom is -0.332 e. The molecule has 2 rings (SSSR count). The minimum atomic E-state index is -1.03. The predicted molar refractivity (Wildman–Crippen MR) is 89.8 cm³/mol. The number of carbonyl (C=O) groups is 2. The first-order valence-corrected chi connectivity index (χ1v) is 7.34. The number of hydrogen-bond acceptors (Lipinski definition) is 4. The number of benzene rings is 2. The van der Waals surface area contributed by atoms with Gasteiger partial charge < -0.3 is 10.2 Å². The Balaban J connectivity index is 2.04. The molecule has 0 aliphatic rings. The quantitative estimate of drug-likeness (QED) is 0.666. The van der Waals surface area contributed by atoms with Crippen LogP contribution in [0.5, 0.6) is 0 Å². The van der Waals surface area contributed by atoms with Gasteiger partial charge in [0.1, 0.15) is 0 Å². The summed E-state index contributed by atoms with van der Waals surface area (Å²) >= 11 is 0. The number of likely N-dealkylation sites (N-methyl/N-ethyl adjacent to an activating group) is 1. The van der Waals surface area contributed by atoms with Crippen LogP contribution in [0.15, 0.2) is 42.5 Å². The number of aryl methyl sites for hydroxylation is 1. The number of nitro benzene ring substituents is 1. The number of nitrogens with one attached hydrogen (secondary N) is 1. The highest BCUT2D eigenvalue weighted by Gasteiger charge is 2.20. The van der Waals surface area contributed by atoms with Gasteiger partial charge in [-0.15, -0.1) is 0 Å². The Hall–Kier alpha value is -3.29. The molecule has 25 heavy (non-hydrogen) atoms. The van der Waals surface area contributed by atoms with Crippen LogP contribution < -0.4 is 5.32 Å². The van der Waals surface area contributed by atoms with Crippen molar-refractivity contribution >= 4 is 23.2 Å². The molecule has 7 nitrogen and oxygen atoms in total. The number of halogens is 1. The van der Waals surface area contributed by atoms with Crippen LogP contribution in [0.2, 0.25) is 0 Å². The van der Waals surface area contributed by atoms with Gasteiger partial charge in [-0.05, 0) is 31.2 Å². The number of hydrogen-bond donors (Lipinski definition) is 1. The first-order valence-electron chi connectivity index (χ1n) is 7.34. The van der Waals surface area contributed by atoms with Crippen molar-refractivity contribution < 1.29 is 18.9 Å². The molecule has 2 aromatic rings. The zero-order valence-corrected chi connectivity index (χ0v) is 13.7. The summed E-state index contributed by atoms with van der Waals surface area (Å²) in [5.41, 5.74) is 0.777. The highest BCUT2D eigenvalue weighted by atomic mass is 19.1. The smallest absolute Gasteiger partial charge is 0.305 e. The van der Waals surface area contributed by atoms with Crippen LogP contribution in [0.3, 0.4) is 0 Å². The summed E-state index contributed by atoms with van der Waals surface area (Å²) in [6, 6.07) is 9.98. The third-order valence-corrected chi connectivity index (χ3v) is 3.45. The monoisotopic (exact) mass is 345 g/mol. The van der Waals surface area contributed by atoms with Crippen molar-refractivity contribution in [1.82, 2.24) is 4.90 Å². The topological polar surface area (TPSA) is 92.6 Å². The fourth-order valence-electron chi connectivity index (χ4n) is 2.13. The SMILES string of the molecule is Cc1ccc(NC(=O)CN(C)C(=O)c2ccc(F)c([N+](=O)[O-])c2)cc1. The molecular formula is C17H16FN3O4. The van der Waals surface area contributed by atoms with Crippen molar-refractivity contribution in [2.45, 2.75) is 6.92 Å². The lowest BCUT2D eigenvalue weighted by Crippen LogP contribution is -2.35. The van der Waals surface area contributed by atoms with Gasteiger partial charge >= 0.3 is 5.69 Å². The number of nitrogens with zero attached hydrogens (tertiary/aromatic N) is 2. The van der Waals surface area contributed by atoms with E-state index in [4.69, 9.17) is 0 Å². The van der Waals surface area contributed by atoms with E-state index < -0.39 is 28.2 Å². The van der Waals surface area contributed by atoms with E-state index in [1.165, 1.54) is 7.05 Å². The van der Waals surface area contributed by atoms with Crippen LogP contribution in [-0.2, 0) is 4.79 Å². The van der Waals surface area contributed by atoms with Crippen LogP contribution in [0.25, 0.3) is 0 Å². The zero-order valence-electron chi connectivity index (χ0n) is 13.7. The van der Waals surface area contributed by atoms with E-state index in [-0.39, 0.29) is 12.1 Å². The first-order chi connectivity index (χ1) is 11.8. The van der Waals surface area contributed by atoms with Crippen LogP contribution in [0.4, 0.5) is 15.8 Å². The lowest BCUT2D eigenvalue weighted by Gasteiger charge is -2.17. The van der Waals surface area contributed by atoms with Gasteiger partial charge in [-0.3, -0.25) is 19.7 Å². The molecule has 8 heteroatoms. The summed E-state index contributed by atoms with van der Waals surface area (Å²) in [4.78, 5) is 35.2. The molecule has 0 radical (unpaired) electrons. The second-order valence-electron chi connectivity index (χ2n) is 5.50. The summed E-state index contributed by atoms with van der Waals surface area (Å²) < 4.78 is 13.3. The first kappa shape index (κ1) is 18.1. The van der Waals surface area contributed by atoms with E-state index in [0.29, 0.717) is 5.69 Å². The van der Waals surface area contributed by atoms with Gasteiger partial charge in [0, 0.05) is 24.4 Å². The van der Waals surface area contributed by atoms with Crippen LogP contribution in [0.1, 0.15) is 15.9 Å². The Morgan fingerprint density at radius 2 is 1.84 bits per heavy atom. The summed E-state index contributed by atoms with van der Waals surface area (Å²) in [6.45, 7) is 1.66. The molecule has 0 heterocycles. The molecule has 0 aliphatic heterocycles. The average Bonchev–Trinajstić information content (AvgIpc) is 2.56. The summed E-state index contributed by atoms with van der Waals surface area (Å²) in [5.74, 6) is -2.07. The van der Waals surface area contributed by atoms with E-state index >= 15 is 0 Å². The summed E-state index contributed by atoms with van der Waals surface area (Å²) in [5, 5.41) is 13.4. The molecule has 0 saturated heterocycles. The van der Waals surface area contributed by atoms with Crippen LogP contribution >= 0.6 is 0 Å². The van der Waals surface area contributed by atoms with Gasteiger partial charge in [0.15, 0.2) is 0 Å². The van der Waals surface area contributed by atoms with Crippen LogP contribution in [-0.4, -0.2) is 35.2 Å². The lowest BCUT2D eigenvalue weighted by atomic mass is 10.1. The largest absolute Gasteiger partial charge is 0.332 e. The van der Waals surface area contributed by atoms with E-state index in [1.54, 1.807) is 12.1 Å². The summed E-state index contributed by atoms with van der Waals surface area (Å²) in [6.07, 6.45) is 0. The minimum absolute atomic E-state index is 0.0706. The molecule has 2 amide bonds. The van der Waals surface area contributed by atoms with Gasteiger partial charge in [0.2, 0.25) is 11.7 Å². The zero-order chi connectivity index (χ0) is 18.6. The Kier molecular flexibility index (Phi) is 5.43. The summed E-state index contributed by atoms with van der Waals surface area (Å²) in [7, 11) is 1.38. The molecule has 0 bridgehead atoms. The number of carbonyl (C=O) groups excluding carboxylic acids is 2. The highest BCUT2D eigenvalue weighted by Crippen LogP contribution is 2.19. The van der Waals surface area contributed by atoms with Gasteiger partial charge in [-0.25, -0.2) is 0 Å². The van der Waals surface area contributed by atoms with Gasteiger partial charge in [-0.1, -0.05) is 17.7 Å². The van der Waals surface area contributed by atoms with Gasteiger partial charge in [0.25, 0.3) is 5.91 Å². The molecule has 0 fully saturated rings. The Morgan fingerprint density at radius 1 is 1.20 bits per heavy atom. The molecule has 1 N–H and O–H groups in total. The molecule has 0 unspecified atom stereocenters. The van der Waals surface area contributed by atoms with Gasteiger partial charge in [-0.2, -0.15) is 4.39 Å². The maximum atomic E-state index is 13.3. The fourth-order valence-corrected chi connectivity index (χ4v) is 2.13. The second-order valence-corrected chi connectivity index (χ2v) is 5.50. The van der Waals surface area contributed by atoms with Crippen molar-refractivity contribution in [2.24, 2.45) is 0 Å². The van der Waals surface area contributed by atoms with E-state index in [9.17, 15) is 24.1 Å². The number of nitro groups is 1. The lowest BCUT2D eigenvalue weighted by molar-refractivity contribution is -0.387. The van der Waals surface area contributed by atoms with Crippen molar-refractivity contribution in [3.63, 3.8) is 0 Å². The Bertz CT molecular complexity index is 821. The second kappa shape index (κ2) is 7.52. The Morgan fingerprint density at radius 3 is 2.44 bits per heavy atom. The highest BCUT2D eigenvalue weighted by molar-refractivity contribution is 5.99. The molecule has 0 aromatic heterocycles. The average molecular weight is 345 g/mol. The molecule has 130 valence electrons. The molecule has 0 spiro atoms. The van der Waals surface area contributed by atoms with Crippen LogP contribution in [0, 0.1) is 22.9 Å². The van der Waals surface area contributed by atoms with Crippen molar-refractivity contribution in [2.75, 3.05) is 18.9 Å². The van der Waals surface area contributed by atoms with Gasteiger partial charge in [0.05, 0.1) is 11.5 Å². The standard InChI is InChI=1S/C17H16FN3O4/c1-11-3-6-13(7-4-11)19-16(22)10-20(2)17(23)12-5-8-14(18)15(9-12)21(24)25/h3-9H,10H2,1-2H3,(H,19,22). The maximum Gasteiger partial charge on any atom is 0.305 e. The van der Waals surface area contributed by atoms with Crippen molar-refractivity contribution in [1.29, 1.82) is 0 Å². The van der Waals surface area contributed by atoms with E-state index in [2.05, 4.69) is 5.32 Å². The number of anilines is 1. The van der Waals surface area contributed by atoms with E-state index in [1.807, 2.05) is 19.1 Å². The normalized spacial score (nSPS) is 10.2. The maximum absolute atomic E-state index is 13.3. The number of rotatable bonds is 5. The van der Waals surface area contributed by atoms with E-state index in [0.717, 1.165) is 28.7 Å². The fraction of sp³-hybridized carbons (Fsp3) is 0.176.